The van der Waals surface area contributed by atoms with Gasteiger partial charge in [0.2, 0.25) is 0 Å². The van der Waals surface area contributed by atoms with Crippen molar-refractivity contribution in [3.63, 3.8) is 0 Å². The number of nitrogens with one attached hydrogen (secondary N) is 1. The molecule has 0 bridgehead atoms. The smallest absolute Gasteiger partial charge is 0.137 e. The van der Waals surface area contributed by atoms with Crippen LogP contribution in [0.5, 0.6) is 5.75 Å². The number of hydrogen-bond acceptors (Lipinski definition) is 4. The van der Waals surface area contributed by atoms with Gasteiger partial charge in [-0.1, -0.05) is 20.3 Å². The fourth-order valence-electron chi connectivity index (χ4n) is 2.57. The maximum atomic E-state index is 5.78. The van der Waals surface area contributed by atoms with E-state index in [1.807, 2.05) is 18.3 Å². The first kappa shape index (κ1) is 16.2. The van der Waals surface area contributed by atoms with Crippen molar-refractivity contribution in [1.82, 2.24) is 15.2 Å². The number of pyridine rings is 1. The second-order valence-electron chi connectivity index (χ2n) is 6.26. The standard InChI is InChI=1S/C17H29N3O/c1-15(2)12-18-13-16-6-7-17(14-19-16)21-11-10-20-8-4-3-5-9-20/h6-7,14-15,18H,3-5,8-13H2,1-2H3. The molecule has 118 valence electrons. The Morgan fingerprint density at radius 2 is 2.05 bits per heavy atom. The Bertz CT molecular complexity index is 386. The molecule has 1 saturated heterocycles. The molecule has 2 rings (SSSR count). The molecule has 0 spiro atoms. The SMILES string of the molecule is CC(C)CNCc1ccc(OCCN2CCCCC2)cn1. The van der Waals surface area contributed by atoms with Crippen molar-refractivity contribution in [3.05, 3.63) is 24.0 Å². The monoisotopic (exact) mass is 291 g/mol. The largest absolute Gasteiger partial charge is 0.491 e. The zero-order chi connectivity index (χ0) is 14.9. The van der Waals surface area contributed by atoms with Gasteiger partial charge in [-0.05, 0) is 50.5 Å². The van der Waals surface area contributed by atoms with Crippen molar-refractivity contribution < 1.29 is 4.74 Å². The van der Waals surface area contributed by atoms with Crippen LogP contribution in [0, 0.1) is 5.92 Å². The number of hydrogen-bond donors (Lipinski definition) is 1. The van der Waals surface area contributed by atoms with Crippen LogP contribution in [0.4, 0.5) is 0 Å². The minimum Gasteiger partial charge on any atom is -0.491 e. The van der Waals surface area contributed by atoms with E-state index >= 15 is 0 Å². The molecule has 0 unspecified atom stereocenters. The second kappa shape index (κ2) is 9.00. The van der Waals surface area contributed by atoms with E-state index in [0.717, 1.165) is 37.7 Å². The number of nitrogens with zero attached hydrogens (tertiary/aromatic N) is 2. The van der Waals surface area contributed by atoms with E-state index in [1.54, 1.807) is 0 Å². The van der Waals surface area contributed by atoms with Gasteiger partial charge in [0.05, 0.1) is 11.9 Å². The Labute approximate surface area is 128 Å². The van der Waals surface area contributed by atoms with E-state index in [4.69, 9.17) is 4.74 Å². The van der Waals surface area contributed by atoms with E-state index in [9.17, 15) is 0 Å². The van der Waals surface area contributed by atoms with E-state index in [2.05, 4.69) is 29.0 Å². The highest BCUT2D eigenvalue weighted by molar-refractivity contribution is 5.19. The molecule has 0 aliphatic carbocycles. The number of likely N-dealkylation sites (tertiary alicyclic amines) is 1. The predicted octanol–water partition coefficient (Wildman–Crippen LogP) is 2.69. The zero-order valence-corrected chi connectivity index (χ0v) is 13.5. The minimum atomic E-state index is 0.669. The van der Waals surface area contributed by atoms with Gasteiger partial charge in [-0.15, -0.1) is 0 Å². The van der Waals surface area contributed by atoms with Crippen molar-refractivity contribution in [2.24, 2.45) is 5.92 Å². The molecule has 0 saturated carbocycles. The van der Waals surface area contributed by atoms with Gasteiger partial charge < -0.3 is 10.1 Å². The molecule has 1 aromatic rings. The van der Waals surface area contributed by atoms with Gasteiger partial charge in [0.15, 0.2) is 0 Å². The Morgan fingerprint density at radius 1 is 1.24 bits per heavy atom. The summed E-state index contributed by atoms with van der Waals surface area (Å²) in [6, 6.07) is 4.07. The first-order valence-corrected chi connectivity index (χ1v) is 8.25. The third kappa shape index (κ3) is 6.44. The molecule has 0 radical (unpaired) electrons. The van der Waals surface area contributed by atoms with E-state index in [1.165, 1.54) is 32.4 Å². The van der Waals surface area contributed by atoms with Crippen LogP contribution in [-0.2, 0) is 6.54 Å². The Kier molecular flexibility index (Phi) is 6.96. The average Bonchev–Trinajstić information content (AvgIpc) is 2.50. The third-order valence-electron chi connectivity index (χ3n) is 3.78. The topological polar surface area (TPSA) is 37.4 Å². The van der Waals surface area contributed by atoms with Crippen molar-refractivity contribution in [2.45, 2.75) is 39.7 Å². The highest BCUT2D eigenvalue weighted by Crippen LogP contribution is 2.11. The maximum absolute atomic E-state index is 5.78. The molecule has 1 aliphatic rings. The molecule has 21 heavy (non-hydrogen) atoms. The Morgan fingerprint density at radius 3 is 2.71 bits per heavy atom. The van der Waals surface area contributed by atoms with Gasteiger partial charge in [-0.25, -0.2) is 0 Å². The Balaban J connectivity index is 1.64. The average molecular weight is 291 g/mol. The molecule has 1 N–H and O–H groups in total. The van der Waals surface area contributed by atoms with Gasteiger partial charge in [-0.2, -0.15) is 0 Å². The van der Waals surface area contributed by atoms with E-state index in [0.29, 0.717) is 5.92 Å². The van der Waals surface area contributed by atoms with Crippen LogP contribution >= 0.6 is 0 Å². The lowest BCUT2D eigenvalue weighted by Crippen LogP contribution is -2.33. The summed E-state index contributed by atoms with van der Waals surface area (Å²) < 4.78 is 5.78. The lowest BCUT2D eigenvalue weighted by molar-refractivity contribution is 0.183. The molecular weight excluding hydrogens is 262 g/mol. The molecule has 0 amide bonds. The fourth-order valence-corrected chi connectivity index (χ4v) is 2.57. The van der Waals surface area contributed by atoms with E-state index in [-0.39, 0.29) is 0 Å². The predicted molar refractivity (Wildman–Crippen MR) is 86.6 cm³/mol. The summed E-state index contributed by atoms with van der Waals surface area (Å²) in [4.78, 5) is 6.93. The summed E-state index contributed by atoms with van der Waals surface area (Å²) in [6.45, 7) is 10.5. The first-order valence-electron chi connectivity index (χ1n) is 8.25. The van der Waals surface area contributed by atoms with Crippen LogP contribution in [0.2, 0.25) is 0 Å². The molecule has 4 heteroatoms. The molecule has 2 heterocycles. The number of ether oxygens (including phenoxy) is 1. The van der Waals surface area contributed by atoms with Crippen LogP contribution in [-0.4, -0.2) is 42.7 Å². The van der Waals surface area contributed by atoms with Crippen molar-refractivity contribution in [1.29, 1.82) is 0 Å². The van der Waals surface area contributed by atoms with Crippen molar-refractivity contribution >= 4 is 0 Å². The third-order valence-corrected chi connectivity index (χ3v) is 3.78. The highest BCUT2D eigenvalue weighted by Gasteiger charge is 2.09. The summed E-state index contributed by atoms with van der Waals surface area (Å²) in [7, 11) is 0. The van der Waals surface area contributed by atoms with E-state index < -0.39 is 0 Å². The summed E-state index contributed by atoms with van der Waals surface area (Å²) in [5.74, 6) is 1.54. The molecule has 0 aromatic carbocycles. The van der Waals surface area contributed by atoms with Crippen LogP contribution < -0.4 is 10.1 Å². The van der Waals surface area contributed by atoms with Gasteiger partial charge in [0.1, 0.15) is 12.4 Å². The van der Waals surface area contributed by atoms with Gasteiger partial charge in [-0.3, -0.25) is 9.88 Å². The quantitative estimate of drug-likeness (QED) is 0.799. The number of rotatable bonds is 8. The molecule has 1 aromatic heterocycles. The lowest BCUT2D eigenvalue weighted by atomic mass is 10.1. The summed E-state index contributed by atoms with van der Waals surface area (Å²) in [6.07, 6.45) is 5.88. The van der Waals surface area contributed by atoms with Gasteiger partial charge in [0, 0.05) is 13.1 Å². The maximum Gasteiger partial charge on any atom is 0.137 e. The highest BCUT2D eigenvalue weighted by atomic mass is 16.5. The summed E-state index contributed by atoms with van der Waals surface area (Å²) >= 11 is 0. The minimum absolute atomic E-state index is 0.669. The zero-order valence-electron chi connectivity index (χ0n) is 13.5. The molecule has 4 nitrogen and oxygen atoms in total. The number of aromatic nitrogens is 1. The summed E-state index contributed by atoms with van der Waals surface area (Å²) in [5, 5.41) is 3.40. The normalized spacial score (nSPS) is 16.3. The second-order valence-corrected chi connectivity index (χ2v) is 6.26. The first-order chi connectivity index (χ1) is 10.2. The van der Waals surface area contributed by atoms with Crippen LogP contribution in [0.3, 0.4) is 0 Å². The van der Waals surface area contributed by atoms with Crippen LogP contribution in [0.15, 0.2) is 18.3 Å². The number of piperidine rings is 1. The molecule has 1 aliphatic heterocycles. The van der Waals surface area contributed by atoms with Gasteiger partial charge >= 0.3 is 0 Å². The molecular formula is C17H29N3O. The fraction of sp³-hybridized carbons (Fsp3) is 0.706. The molecule has 0 atom stereocenters. The van der Waals surface area contributed by atoms with Crippen molar-refractivity contribution in [2.75, 3.05) is 32.8 Å². The lowest BCUT2D eigenvalue weighted by Gasteiger charge is -2.26. The summed E-state index contributed by atoms with van der Waals surface area (Å²) in [5.41, 5.74) is 1.07. The van der Waals surface area contributed by atoms with Crippen LogP contribution in [0.25, 0.3) is 0 Å². The van der Waals surface area contributed by atoms with Gasteiger partial charge in [0.25, 0.3) is 0 Å². The Hall–Kier alpha value is -1.13. The van der Waals surface area contributed by atoms with Crippen molar-refractivity contribution in [3.8, 4) is 5.75 Å². The molecule has 1 fully saturated rings. The van der Waals surface area contributed by atoms with Crippen LogP contribution in [0.1, 0.15) is 38.8 Å².